The van der Waals surface area contributed by atoms with Crippen LogP contribution >= 0.6 is 0 Å². The fraction of sp³-hybridized carbons (Fsp3) is 0.480. The van der Waals surface area contributed by atoms with E-state index in [2.05, 4.69) is 10.6 Å². The first-order valence-electron chi connectivity index (χ1n) is 11.1. The summed E-state index contributed by atoms with van der Waals surface area (Å²) in [5.41, 5.74) is 2.00. The Kier molecular flexibility index (Phi) is 9.19. The van der Waals surface area contributed by atoms with Gasteiger partial charge in [0.25, 0.3) is 0 Å². The lowest BCUT2D eigenvalue weighted by Gasteiger charge is -2.26. The highest BCUT2D eigenvalue weighted by atomic mass is 16.5. The number of nitrogens with one attached hydrogen (secondary N) is 2. The third-order valence-corrected chi connectivity index (χ3v) is 5.79. The maximum absolute atomic E-state index is 12.4. The van der Waals surface area contributed by atoms with E-state index in [0.29, 0.717) is 18.9 Å². The summed E-state index contributed by atoms with van der Waals surface area (Å²) in [5, 5.41) is 17.1. The molecule has 1 aliphatic carbocycles. The smallest absolute Gasteiger partial charge is 0.407 e. The number of aliphatic hydroxyl groups excluding tert-OH is 1. The Morgan fingerprint density at radius 3 is 2.27 bits per heavy atom. The van der Waals surface area contributed by atoms with Gasteiger partial charge in [0.1, 0.15) is 6.61 Å². The quantitative estimate of drug-likeness (QED) is 0.553. The van der Waals surface area contributed by atoms with Gasteiger partial charge in [0.15, 0.2) is 0 Å². The van der Waals surface area contributed by atoms with Crippen molar-refractivity contribution < 1.29 is 14.6 Å². The Balaban J connectivity index is 1.51. The minimum atomic E-state index is -0.696. The van der Waals surface area contributed by atoms with Crippen LogP contribution in [0.15, 0.2) is 60.7 Å². The predicted octanol–water partition coefficient (Wildman–Crippen LogP) is 4.05. The van der Waals surface area contributed by atoms with Gasteiger partial charge in [-0.05, 0) is 42.9 Å². The molecule has 0 unspecified atom stereocenters. The summed E-state index contributed by atoms with van der Waals surface area (Å²) < 4.78 is 5.36. The summed E-state index contributed by atoms with van der Waals surface area (Å²) in [5.74, 6) is 0.697. The lowest BCUT2D eigenvalue weighted by molar-refractivity contribution is 0.0995. The van der Waals surface area contributed by atoms with Crippen LogP contribution in [0.5, 0.6) is 0 Å². The molecule has 2 atom stereocenters. The number of hydrogen-bond donors (Lipinski definition) is 3. The van der Waals surface area contributed by atoms with Crippen molar-refractivity contribution in [1.29, 1.82) is 0 Å². The molecule has 1 fully saturated rings. The van der Waals surface area contributed by atoms with Crippen LogP contribution in [0, 0.1) is 5.92 Å². The molecule has 2 aromatic carbocycles. The number of amides is 1. The minimum Gasteiger partial charge on any atom is -0.445 e. The molecule has 1 saturated carbocycles. The molecule has 0 spiro atoms. The van der Waals surface area contributed by atoms with Gasteiger partial charge in [0.05, 0.1) is 12.1 Å². The Bertz CT molecular complexity index is 733. The topological polar surface area (TPSA) is 70.6 Å². The van der Waals surface area contributed by atoms with E-state index in [1.807, 2.05) is 60.7 Å². The highest BCUT2D eigenvalue weighted by Gasteiger charge is 2.23. The Hall–Kier alpha value is -2.37. The molecule has 5 heteroatoms. The lowest BCUT2D eigenvalue weighted by Crippen LogP contribution is -2.49. The van der Waals surface area contributed by atoms with Crippen molar-refractivity contribution in [2.24, 2.45) is 5.92 Å². The third kappa shape index (κ3) is 7.81. The van der Waals surface area contributed by atoms with Crippen molar-refractivity contribution in [2.75, 3.05) is 13.1 Å². The molecular formula is C25H34N2O3. The fourth-order valence-electron chi connectivity index (χ4n) is 4.04. The predicted molar refractivity (Wildman–Crippen MR) is 119 cm³/mol. The molecule has 0 aromatic heterocycles. The third-order valence-electron chi connectivity index (χ3n) is 5.79. The number of rotatable bonds is 10. The lowest BCUT2D eigenvalue weighted by atomic mass is 9.89. The van der Waals surface area contributed by atoms with Crippen LogP contribution in [-0.2, 0) is 17.8 Å². The van der Waals surface area contributed by atoms with Gasteiger partial charge < -0.3 is 20.5 Å². The highest BCUT2D eigenvalue weighted by Crippen LogP contribution is 2.22. The molecule has 1 aliphatic rings. The van der Waals surface area contributed by atoms with E-state index >= 15 is 0 Å². The van der Waals surface area contributed by atoms with Gasteiger partial charge in [0, 0.05) is 6.54 Å². The van der Waals surface area contributed by atoms with Gasteiger partial charge in [0.2, 0.25) is 0 Å². The number of carbonyl (C=O) groups excluding carboxylic acids is 1. The molecule has 1 amide bonds. The van der Waals surface area contributed by atoms with Crippen LogP contribution in [0.4, 0.5) is 4.79 Å². The summed E-state index contributed by atoms with van der Waals surface area (Å²) in [6.45, 7) is 1.58. The summed E-state index contributed by atoms with van der Waals surface area (Å²) in [6.07, 6.45) is 5.83. The number of alkyl carbamates (subject to hydrolysis) is 1. The van der Waals surface area contributed by atoms with Gasteiger partial charge in [-0.25, -0.2) is 4.79 Å². The van der Waals surface area contributed by atoms with E-state index in [-0.39, 0.29) is 6.61 Å². The standard InChI is InChI=1S/C25H34N2O3/c28-24(18-26-17-21-12-6-2-7-13-21)23(16-20-10-4-1-5-11-20)27-25(29)30-19-22-14-8-3-9-15-22/h1,3-5,8-11,14-15,21,23-24,26,28H,2,6-7,12-13,16-19H2,(H,27,29)/t23-,24+/m0/s1. The van der Waals surface area contributed by atoms with Gasteiger partial charge in [-0.2, -0.15) is 0 Å². The summed E-state index contributed by atoms with van der Waals surface area (Å²) in [7, 11) is 0. The normalized spacial score (nSPS) is 16.6. The van der Waals surface area contributed by atoms with Crippen molar-refractivity contribution >= 4 is 6.09 Å². The van der Waals surface area contributed by atoms with Crippen molar-refractivity contribution in [3.63, 3.8) is 0 Å². The maximum Gasteiger partial charge on any atom is 0.407 e. The highest BCUT2D eigenvalue weighted by molar-refractivity contribution is 5.67. The molecule has 0 aliphatic heterocycles. The molecule has 0 radical (unpaired) electrons. The number of ether oxygens (including phenoxy) is 1. The van der Waals surface area contributed by atoms with Gasteiger partial charge in [-0.1, -0.05) is 79.9 Å². The second-order valence-electron chi connectivity index (χ2n) is 8.23. The summed E-state index contributed by atoms with van der Waals surface area (Å²) in [4.78, 5) is 12.4. The number of hydrogen-bond acceptors (Lipinski definition) is 4. The van der Waals surface area contributed by atoms with Gasteiger partial charge in [-0.3, -0.25) is 0 Å². The fourth-order valence-corrected chi connectivity index (χ4v) is 4.04. The van der Waals surface area contributed by atoms with Crippen LogP contribution in [0.2, 0.25) is 0 Å². The Morgan fingerprint density at radius 1 is 0.967 bits per heavy atom. The first kappa shape index (κ1) is 22.3. The van der Waals surface area contributed by atoms with E-state index in [4.69, 9.17) is 4.74 Å². The van der Waals surface area contributed by atoms with E-state index in [9.17, 15) is 9.90 Å². The van der Waals surface area contributed by atoms with Crippen LogP contribution in [-0.4, -0.2) is 36.4 Å². The van der Waals surface area contributed by atoms with Gasteiger partial charge in [-0.15, -0.1) is 0 Å². The molecule has 0 saturated heterocycles. The zero-order valence-electron chi connectivity index (χ0n) is 17.6. The molecular weight excluding hydrogens is 376 g/mol. The summed E-state index contributed by atoms with van der Waals surface area (Å²) in [6, 6.07) is 19.1. The molecule has 0 bridgehead atoms. The zero-order chi connectivity index (χ0) is 21.0. The number of benzene rings is 2. The molecule has 30 heavy (non-hydrogen) atoms. The molecule has 162 valence electrons. The minimum absolute atomic E-state index is 0.209. The van der Waals surface area contributed by atoms with Crippen molar-refractivity contribution in [2.45, 2.75) is 57.3 Å². The first-order chi connectivity index (χ1) is 14.7. The van der Waals surface area contributed by atoms with Crippen LogP contribution in [0.25, 0.3) is 0 Å². The second-order valence-corrected chi connectivity index (χ2v) is 8.23. The average Bonchev–Trinajstić information content (AvgIpc) is 2.79. The molecule has 0 heterocycles. The zero-order valence-corrected chi connectivity index (χ0v) is 17.6. The molecule has 3 N–H and O–H groups in total. The molecule has 3 rings (SSSR count). The number of aliphatic hydroxyl groups is 1. The van der Waals surface area contributed by atoms with E-state index in [0.717, 1.165) is 17.7 Å². The van der Waals surface area contributed by atoms with Crippen molar-refractivity contribution in [3.05, 3.63) is 71.8 Å². The summed E-state index contributed by atoms with van der Waals surface area (Å²) >= 11 is 0. The Morgan fingerprint density at radius 2 is 1.60 bits per heavy atom. The van der Waals surface area contributed by atoms with Crippen LogP contribution < -0.4 is 10.6 Å². The average molecular weight is 411 g/mol. The monoisotopic (exact) mass is 410 g/mol. The molecule has 2 aromatic rings. The molecule has 5 nitrogen and oxygen atoms in total. The maximum atomic E-state index is 12.4. The second kappa shape index (κ2) is 12.4. The van der Waals surface area contributed by atoms with E-state index in [1.165, 1.54) is 32.1 Å². The van der Waals surface area contributed by atoms with Crippen molar-refractivity contribution in [3.8, 4) is 0 Å². The van der Waals surface area contributed by atoms with Crippen molar-refractivity contribution in [1.82, 2.24) is 10.6 Å². The van der Waals surface area contributed by atoms with E-state index < -0.39 is 18.2 Å². The van der Waals surface area contributed by atoms with Gasteiger partial charge >= 0.3 is 6.09 Å². The number of carbonyl (C=O) groups is 1. The Labute approximate surface area is 179 Å². The SMILES string of the molecule is O=C(N[C@@H](Cc1ccccc1)[C@H](O)CNCC1CCCCC1)OCc1ccccc1. The first-order valence-corrected chi connectivity index (χ1v) is 11.1. The van der Waals surface area contributed by atoms with Crippen LogP contribution in [0.1, 0.15) is 43.2 Å². The largest absolute Gasteiger partial charge is 0.445 e. The van der Waals surface area contributed by atoms with Crippen LogP contribution in [0.3, 0.4) is 0 Å². The van der Waals surface area contributed by atoms with E-state index in [1.54, 1.807) is 0 Å².